The first kappa shape index (κ1) is 26.0. The van der Waals surface area contributed by atoms with Gasteiger partial charge in [0.15, 0.2) is 5.82 Å². The van der Waals surface area contributed by atoms with Crippen LogP contribution in [0.25, 0.3) is 0 Å². The SMILES string of the molecule is CCC(NC(=O)N1Cc2nnc(O)n2CC(Cc2cc(Cl)ccc2OC)C1=O)c1cccc(C(=O)O)c1. The largest absolute Gasteiger partial charge is 0.496 e. The maximum absolute atomic E-state index is 13.7. The average molecular weight is 528 g/mol. The fourth-order valence-electron chi connectivity index (χ4n) is 4.40. The summed E-state index contributed by atoms with van der Waals surface area (Å²) in [6.45, 7) is 1.68. The second kappa shape index (κ2) is 10.9. The predicted molar refractivity (Wildman–Crippen MR) is 132 cm³/mol. The number of carboxylic acids is 1. The highest BCUT2D eigenvalue weighted by Crippen LogP contribution is 2.29. The van der Waals surface area contributed by atoms with Crippen molar-refractivity contribution in [2.75, 3.05) is 7.11 Å². The van der Waals surface area contributed by atoms with Gasteiger partial charge in [-0.05, 0) is 54.3 Å². The Kier molecular flexibility index (Phi) is 7.63. The van der Waals surface area contributed by atoms with Crippen molar-refractivity contribution in [3.8, 4) is 11.8 Å². The number of hydrogen-bond acceptors (Lipinski definition) is 7. The number of ether oxygens (including phenoxy) is 1. The van der Waals surface area contributed by atoms with Crippen molar-refractivity contribution in [1.29, 1.82) is 0 Å². The number of methoxy groups -OCH3 is 1. The van der Waals surface area contributed by atoms with Crippen LogP contribution in [0.2, 0.25) is 5.02 Å². The van der Waals surface area contributed by atoms with Gasteiger partial charge in [-0.2, -0.15) is 0 Å². The number of aromatic nitrogens is 3. The normalized spacial score (nSPS) is 16.0. The summed E-state index contributed by atoms with van der Waals surface area (Å²) in [6, 6.07) is 9.77. The zero-order valence-electron chi connectivity index (χ0n) is 20.2. The molecule has 11 nitrogen and oxygen atoms in total. The summed E-state index contributed by atoms with van der Waals surface area (Å²) < 4.78 is 6.82. The van der Waals surface area contributed by atoms with Gasteiger partial charge in [0.25, 0.3) is 0 Å². The summed E-state index contributed by atoms with van der Waals surface area (Å²) in [5, 5.41) is 30.5. The standard InChI is InChI=1S/C25H26ClN5O6/c1-3-19(14-5-4-6-15(9-14)23(33)34)27-24(35)31-13-21-28-29-25(36)30(21)12-17(22(31)32)10-16-11-18(26)7-8-20(16)37-2/h4-9,11,17,19H,3,10,12-13H2,1-2H3,(H,27,35)(H,29,36)(H,33,34). The molecule has 12 heteroatoms. The van der Waals surface area contributed by atoms with Gasteiger partial charge < -0.3 is 20.3 Å². The molecule has 2 atom stereocenters. The molecule has 0 bridgehead atoms. The molecule has 1 aliphatic rings. The molecule has 0 spiro atoms. The lowest BCUT2D eigenvalue weighted by Gasteiger charge is -2.26. The molecule has 194 valence electrons. The van der Waals surface area contributed by atoms with E-state index in [1.807, 2.05) is 6.92 Å². The van der Waals surface area contributed by atoms with E-state index in [9.17, 15) is 24.6 Å². The number of halogens is 1. The molecule has 37 heavy (non-hydrogen) atoms. The number of imide groups is 1. The number of carbonyl (C=O) groups is 3. The molecule has 4 rings (SSSR count). The monoisotopic (exact) mass is 527 g/mol. The highest BCUT2D eigenvalue weighted by molar-refractivity contribution is 6.30. The van der Waals surface area contributed by atoms with Gasteiger partial charge in [-0.15, -0.1) is 5.10 Å². The molecule has 0 radical (unpaired) electrons. The van der Waals surface area contributed by atoms with Crippen molar-refractivity contribution >= 4 is 29.5 Å². The number of aromatic carboxylic acids is 1. The number of amides is 3. The Balaban J connectivity index is 1.64. The maximum Gasteiger partial charge on any atom is 0.335 e. The topological polar surface area (TPSA) is 147 Å². The van der Waals surface area contributed by atoms with Crippen LogP contribution in [-0.2, 0) is 24.3 Å². The molecule has 0 saturated carbocycles. The van der Waals surface area contributed by atoms with Gasteiger partial charge in [0, 0.05) is 11.6 Å². The molecule has 3 aromatic rings. The predicted octanol–water partition coefficient (Wildman–Crippen LogP) is 3.41. The first-order chi connectivity index (χ1) is 17.7. The van der Waals surface area contributed by atoms with Gasteiger partial charge in [-0.3, -0.25) is 14.3 Å². The molecule has 2 aromatic carbocycles. The van der Waals surface area contributed by atoms with E-state index in [0.717, 1.165) is 4.90 Å². The molecular formula is C25H26ClN5O6. The van der Waals surface area contributed by atoms with Crippen LogP contribution in [0.15, 0.2) is 42.5 Å². The van der Waals surface area contributed by atoms with E-state index in [2.05, 4.69) is 15.5 Å². The second-order valence-electron chi connectivity index (χ2n) is 8.65. The van der Waals surface area contributed by atoms with Crippen LogP contribution >= 0.6 is 11.6 Å². The third-order valence-corrected chi connectivity index (χ3v) is 6.56. The molecule has 0 aliphatic carbocycles. The van der Waals surface area contributed by atoms with Crippen LogP contribution in [0.4, 0.5) is 4.79 Å². The number of carbonyl (C=O) groups excluding carboxylic acids is 2. The number of fused-ring (bicyclic) bond motifs is 1. The minimum absolute atomic E-state index is 0.0459. The molecule has 2 unspecified atom stereocenters. The summed E-state index contributed by atoms with van der Waals surface area (Å²) in [4.78, 5) is 39.5. The Bertz CT molecular complexity index is 1340. The number of nitrogens with one attached hydrogen (secondary N) is 1. The Labute approximate surface area is 217 Å². The fourth-order valence-corrected chi connectivity index (χ4v) is 4.60. The molecule has 3 amide bonds. The third kappa shape index (κ3) is 5.51. The lowest BCUT2D eigenvalue weighted by molar-refractivity contribution is -0.132. The molecule has 0 saturated heterocycles. The number of rotatable bonds is 7. The zero-order chi connectivity index (χ0) is 26.7. The van der Waals surface area contributed by atoms with Crippen molar-refractivity contribution in [1.82, 2.24) is 25.0 Å². The van der Waals surface area contributed by atoms with E-state index in [-0.39, 0.29) is 36.9 Å². The number of aromatic hydroxyl groups is 1. The summed E-state index contributed by atoms with van der Waals surface area (Å²) in [5.41, 5.74) is 1.36. The highest BCUT2D eigenvalue weighted by atomic mass is 35.5. The van der Waals surface area contributed by atoms with Crippen LogP contribution in [-0.4, -0.2) is 54.9 Å². The van der Waals surface area contributed by atoms with Crippen LogP contribution in [0.1, 0.15) is 46.7 Å². The zero-order valence-corrected chi connectivity index (χ0v) is 21.0. The van der Waals surface area contributed by atoms with Crippen LogP contribution in [0, 0.1) is 5.92 Å². The van der Waals surface area contributed by atoms with Gasteiger partial charge in [-0.25, -0.2) is 9.59 Å². The molecule has 2 heterocycles. The first-order valence-corrected chi connectivity index (χ1v) is 12.0. The number of nitrogens with zero attached hydrogens (tertiary/aromatic N) is 4. The molecular weight excluding hydrogens is 502 g/mol. The number of urea groups is 1. The summed E-state index contributed by atoms with van der Waals surface area (Å²) >= 11 is 6.17. The van der Waals surface area contributed by atoms with E-state index in [1.165, 1.54) is 23.8 Å². The van der Waals surface area contributed by atoms with E-state index < -0.39 is 29.9 Å². The quantitative estimate of drug-likeness (QED) is 0.423. The Hall–Kier alpha value is -4.12. The van der Waals surface area contributed by atoms with E-state index in [1.54, 1.807) is 30.3 Å². The second-order valence-corrected chi connectivity index (χ2v) is 9.09. The minimum atomic E-state index is -1.08. The first-order valence-electron chi connectivity index (χ1n) is 11.6. The van der Waals surface area contributed by atoms with Gasteiger partial charge >= 0.3 is 18.0 Å². The van der Waals surface area contributed by atoms with Crippen molar-refractivity contribution in [3.05, 3.63) is 70.0 Å². The van der Waals surface area contributed by atoms with Crippen molar-refractivity contribution in [2.24, 2.45) is 5.92 Å². The Morgan fingerprint density at radius 2 is 2.03 bits per heavy atom. The van der Waals surface area contributed by atoms with Crippen molar-refractivity contribution in [3.63, 3.8) is 0 Å². The van der Waals surface area contributed by atoms with Gasteiger partial charge in [0.2, 0.25) is 5.91 Å². The molecule has 1 aliphatic heterocycles. The number of benzene rings is 2. The van der Waals surface area contributed by atoms with E-state index in [0.29, 0.717) is 28.3 Å². The number of carboxylic acid groups (broad SMARTS) is 1. The summed E-state index contributed by atoms with van der Waals surface area (Å²) in [6.07, 6.45) is 0.637. The van der Waals surface area contributed by atoms with Gasteiger partial charge in [0.1, 0.15) is 5.75 Å². The average Bonchev–Trinajstić information content (AvgIpc) is 3.16. The van der Waals surface area contributed by atoms with Crippen LogP contribution < -0.4 is 10.1 Å². The fraction of sp³-hybridized carbons (Fsp3) is 0.320. The van der Waals surface area contributed by atoms with Gasteiger partial charge in [-0.1, -0.05) is 35.8 Å². The maximum atomic E-state index is 13.7. The van der Waals surface area contributed by atoms with Crippen LogP contribution in [0.3, 0.4) is 0 Å². The summed E-state index contributed by atoms with van der Waals surface area (Å²) in [7, 11) is 1.51. The Morgan fingerprint density at radius 3 is 2.73 bits per heavy atom. The lowest BCUT2D eigenvalue weighted by atomic mass is 9.97. The highest BCUT2D eigenvalue weighted by Gasteiger charge is 2.36. The minimum Gasteiger partial charge on any atom is -0.496 e. The van der Waals surface area contributed by atoms with Crippen molar-refractivity contribution < 1.29 is 29.3 Å². The van der Waals surface area contributed by atoms with E-state index >= 15 is 0 Å². The van der Waals surface area contributed by atoms with Crippen molar-refractivity contribution in [2.45, 2.75) is 38.9 Å². The van der Waals surface area contributed by atoms with Gasteiger partial charge in [0.05, 0.1) is 31.2 Å². The molecule has 3 N–H and O–H groups in total. The van der Waals surface area contributed by atoms with Crippen LogP contribution in [0.5, 0.6) is 11.8 Å². The molecule has 1 aromatic heterocycles. The Morgan fingerprint density at radius 1 is 1.24 bits per heavy atom. The third-order valence-electron chi connectivity index (χ3n) is 6.32. The summed E-state index contributed by atoms with van der Waals surface area (Å²) in [5.74, 6) is -1.53. The van der Waals surface area contributed by atoms with E-state index in [4.69, 9.17) is 16.3 Å². The molecule has 0 fully saturated rings. The number of hydrogen-bond donors (Lipinski definition) is 3. The lowest BCUT2D eigenvalue weighted by Crippen LogP contribution is -2.46. The smallest absolute Gasteiger partial charge is 0.335 e.